The molecule has 7 heteroatoms. The van der Waals surface area contributed by atoms with Crippen LogP contribution in [0.15, 0.2) is 65.6 Å². The lowest BCUT2D eigenvalue weighted by atomic mass is 10.0. The van der Waals surface area contributed by atoms with Gasteiger partial charge in [-0.2, -0.15) is 0 Å². The molecular formula is C21H17N2O5-. The summed E-state index contributed by atoms with van der Waals surface area (Å²) in [5, 5.41) is 10.9. The van der Waals surface area contributed by atoms with Crippen LogP contribution in [0.25, 0.3) is 6.08 Å². The number of methoxy groups -OCH3 is 1. The second-order valence-corrected chi connectivity index (χ2v) is 6.17. The van der Waals surface area contributed by atoms with Crippen LogP contribution in [-0.2, 0) is 20.9 Å². The van der Waals surface area contributed by atoms with Gasteiger partial charge in [-0.05, 0) is 35.8 Å². The van der Waals surface area contributed by atoms with E-state index in [1.54, 1.807) is 43.6 Å². The number of benzene rings is 1. The average Bonchev–Trinajstić information content (AvgIpc) is 2.93. The number of esters is 1. The van der Waals surface area contributed by atoms with Crippen LogP contribution in [0.1, 0.15) is 28.4 Å². The summed E-state index contributed by atoms with van der Waals surface area (Å²) in [6.45, 7) is 1.94. The maximum atomic E-state index is 13.0. The Morgan fingerprint density at radius 2 is 1.93 bits per heavy atom. The van der Waals surface area contributed by atoms with Crippen molar-refractivity contribution in [3.63, 3.8) is 0 Å². The highest BCUT2D eigenvalue weighted by Crippen LogP contribution is 2.32. The van der Waals surface area contributed by atoms with E-state index in [1.807, 2.05) is 6.07 Å². The fourth-order valence-corrected chi connectivity index (χ4v) is 2.97. The fourth-order valence-electron chi connectivity index (χ4n) is 2.97. The van der Waals surface area contributed by atoms with E-state index in [1.165, 1.54) is 24.1 Å². The molecule has 0 saturated heterocycles. The second-order valence-electron chi connectivity index (χ2n) is 6.17. The molecule has 1 aromatic heterocycles. The Kier molecular flexibility index (Phi) is 5.35. The third-order valence-corrected chi connectivity index (χ3v) is 4.42. The first-order valence-electron chi connectivity index (χ1n) is 8.45. The van der Waals surface area contributed by atoms with Gasteiger partial charge in [-0.15, -0.1) is 0 Å². The fraction of sp³-hybridized carbons (Fsp3) is 0.143. The molecule has 2 heterocycles. The summed E-state index contributed by atoms with van der Waals surface area (Å²) in [6.07, 6.45) is 4.83. The Balaban J connectivity index is 2.00. The van der Waals surface area contributed by atoms with Gasteiger partial charge < -0.3 is 19.5 Å². The number of carbonyl (C=O) groups excluding carboxylic acids is 3. The number of rotatable bonds is 5. The van der Waals surface area contributed by atoms with E-state index in [0.29, 0.717) is 11.3 Å². The van der Waals surface area contributed by atoms with Crippen molar-refractivity contribution < 1.29 is 24.2 Å². The number of aromatic carboxylic acids is 1. The van der Waals surface area contributed by atoms with Gasteiger partial charge >= 0.3 is 5.97 Å². The molecule has 0 radical (unpaired) electrons. The molecule has 7 nitrogen and oxygen atoms in total. The topological polar surface area (TPSA) is 99.6 Å². The predicted octanol–water partition coefficient (Wildman–Crippen LogP) is 1.32. The molecule has 3 rings (SSSR count). The van der Waals surface area contributed by atoms with Gasteiger partial charge in [-0.25, -0.2) is 4.79 Å². The van der Waals surface area contributed by atoms with Crippen molar-refractivity contribution in [2.45, 2.75) is 13.5 Å². The van der Waals surface area contributed by atoms with E-state index in [0.717, 1.165) is 5.56 Å². The van der Waals surface area contributed by atoms with Crippen LogP contribution < -0.4 is 5.11 Å². The zero-order valence-corrected chi connectivity index (χ0v) is 15.3. The molecule has 0 atom stereocenters. The highest BCUT2D eigenvalue weighted by atomic mass is 16.5. The number of carboxylic acids is 1. The van der Waals surface area contributed by atoms with E-state index in [2.05, 4.69) is 4.98 Å². The summed E-state index contributed by atoms with van der Waals surface area (Å²) in [6, 6.07) is 9.45. The van der Waals surface area contributed by atoms with Gasteiger partial charge in [-0.3, -0.25) is 9.78 Å². The molecule has 0 spiro atoms. The normalized spacial score (nSPS) is 15.3. The summed E-state index contributed by atoms with van der Waals surface area (Å²) in [7, 11) is 1.25. The Hall–Kier alpha value is -3.74. The summed E-state index contributed by atoms with van der Waals surface area (Å²) in [4.78, 5) is 41.7. The van der Waals surface area contributed by atoms with E-state index < -0.39 is 11.9 Å². The van der Waals surface area contributed by atoms with Crippen molar-refractivity contribution in [2.75, 3.05) is 7.11 Å². The van der Waals surface area contributed by atoms with Crippen LogP contribution in [0.5, 0.6) is 0 Å². The minimum atomic E-state index is -1.29. The molecule has 1 aliphatic rings. The van der Waals surface area contributed by atoms with Crippen molar-refractivity contribution in [2.24, 2.45) is 0 Å². The van der Waals surface area contributed by atoms with Gasteiger partial charge in [0.1, 0.15) is 0 Å². The Morgan fingerprint density at radius 1 is 1.21 bits per heavy atom. The minimum absolute atomic E-state index is 0.0259. The highest BCUT2D eigenvalue weighted by molar-refractivity contribution is 6.16. The lowest BCUT2D eigenvalue weighted by molar-refractivity contribution is -0.255. The predicted molar refractivity (Wildman–Crippen MR) is 98.3 cm³/mol. The molecule has 1 aromatic carbocycles. The Morgan fingerprint density at radius 3 is 2.50 bits per heavy atom. The van der Waals surface area contributed by atoms with Crippen molar-refractivity contribution in [1.82, 2.24) is 9.88 Å². The van der Waals surface area contributed by atoms with Crippen LogP contribution >= 0.6 is 0 Å². The van der Waals surface area contributed by atoms with Crippen molar-refractivity contribution in [3.05, 3.63) is 82.3 Å². The highest BCUT2D eigenvalue weighted by Gasteiger charge is 2.36. The molecule has 0 unspecified atom stereocenters. The van der Waals surface area contributed by atoms with Crippen molar-refractivity contribution in [3.8, 4) is 0 Å². The summed E-state index contributed by atoms with van der Waals surface area (Å²) >= 11 is 0. The Labute approximate surface area is 161 Å². The van der Waals surface area contributed by atoms with Crippen LogP contribution in [0.4, 0.5) is 0 Å². The molecule has 0 fully saturated rings. The van der Waals surface area contributed by atoms with Gasteiger partial charge in [0, 0.05) is 18.1 Å². The van der Waals surface area contributed by atoms with Crippen molar-refractivity contribution in [1.29, 1.82) is 0 Å². The SMILES string of the molecule is COC(=O)C1=C(C)N(Cc2cccnc2)C(=O)/C1=C\c1ccc(C(=O)[O-])cc1. The number of aromatic nitrogens is 1. The summed E-state index contributed by atoms with van der Waals surface area (Å²) < 4.78 is 4.86. The van der Waals surface area contributed by atoms with Gasteiger partial charge in [0.15, 0.2) is 0 Å². The smallest absolute Gasteiger partial charge is 0.340 e. The summed E-state index contributed by atoms with van der Waals surface area (Å²) in [5.41, 5.74) is 2.27. The number of hydrogen-bond acceptors (Lipinski definition) is 6. The number of carboxylic acid groups (broad SMARTS) is 1. The van der Waals surface area contributed by atoms with E-state index in [4.69, 9.17) is 4.74 Å². The third-order valence-electron chi connectivity index (χ3n) is 4.42. The van der Waals surface area contributed by atoms with Crippen molar-refractivity contribution >= 4 is 23.9 Å². The lowest BCUT2D eigenvalue weighted by Crippen LogP contribution is -2.24. The van der Waals surface area contributed by atoms with Crippen LogP contribution in [0, 0.1) is 0 Å². The molecule has 1 aliphatic heterocycles. The quantitative estimate of drug-likeness (QED) is 0.576. The second kappa shape index (κ2) is 7.87. The van der Waals surface area contributed by atoms with Gasteiger partial charge in [0.25, 0.3) is 5.91 Å². The lowest BCUT2D eigenvalue weighted by Gasteiger charge is -2.17. The number of nitrogens with zero attached hydrogens (tertiary/aromatic N) is 2. The molecule has 0 aliphatic carbocycles. The molecule has 0 saturated carbocycles. The molecule has 2 aromatic rings. The first-order valence-corrected chi connectivity index (χ1v) is 8.45. The Bertz CT molecular complexity index is 991. The summed E-state index contributed by atoms with van der Waals surface area (Å²) in [5.74, 6) is -2.24. The molecule has 0 N–H and O–H groups in total. The molecular weight excluding hydrogens is 360 g/mol. The van der Waals surface area contributed by atoms with Crippen LogP contribution in [0.2, 0.25) is 0 Å². The van der Waals surface area contributed by atoms with E-state index in [-0.39, 0.29) is 29.2 Å². The monoisotopic (exact) mass is 377 g/mol. The zero-order valence-electron chi connectivity index (χ0n) is 15.3. The zero-order chi connectivity index (χ0) is 20.3. The van der Waals surface area contributed by atoms with E-state index in [9.17, 15) is 19.5 Å². The first-order chi connectivity index (χ1) is 13.4. The molecule has 142 valence electrons. The van der Waals surface area contributed by atoms with Crippen LogP contribution in [-0.4, -0.2) is 34.8 Å². The maximum absolute atomic E-state index is 13.0. The third kappa shape index (κ3) is 3.68. The maximum Gasteiger partial charge on any atom is 0.340 e. The van der Waals surface area contributed by atoms with Gasteiger partial charge in [0.2, 0.25) is 0 Å². The number of ether oxygens (including phenoxy) is 1. The minimum Gasteiger partial charge on any atom is -0.545 e. The van der Waals surface area contributed by atoms with E-state index >= 15 is 0 Å². The number of carbonyl (C=O) groups is 3. The largest absolute Gasteiger partial charge is 0.545 e. The number of amides is 1. The standard InChI is InChI=1S/C21H18N2O5/c1-13-18(21(27)28-2)17(10-14-5-7-16(8-6-14)20(25)26)19(24)23(13)12-15-4-3-9-22-11-15/h3-11H,12H2,1-2H3,(H,25,26)/p-1/b17-10-. The molecule has 1 amide bonds. The first kappa shape index (κ1) is 19.0. The van der Waals surface area contributed by atoms with Gasteiger partial charge in [-0.1, -0.05) is 30.3 Å². The molecule has 28 heavy (non-hydrogen) atoms. The number of pyridine rings is 1. The molecule has 0 bridgehead atoms. The van der Waals surface area contributed by atoms with Crippen LogP contribution in [0.3, 0.4) is 0 Å². The number of hydrogen-bond donors (Lipinski definition) is 0. The number of allylic oxidation sites excluding steroid dienone is 1. The van der Waals surface area contributed by atoms with Gasteiger partial charge in [0.05, 0.1) is 30.8 Å². The average molecular weight is 377 g/mol.